The Balaban J connectivity index is 2.16. The Kier molecular flexibility index (Phi) is 4.34. The number of hydrogen-bond acceptors (Lipinski definition) is 3. The number of hydrazine groups is 1. The molecule has 0 saturated carbocycles. The van der Waals surface area contributed by atoms with Crippen LogP contribution in [0.25, 0.3) is 0 Å². The molecule has 1 heterocycles. The van der Waals surface area contributed by atoms with Gasteiger partial charge in [-0.3, -0.25) is 16.3 Å². The summed E-state index contributed by atoms with van der Waals surface area (Å²) >= 11 is 0. The van der Waals surface area contributed by atoms with E-state index in [0.29, 0.717) is 0 Å². The van der Waals surface area contributed by atoms with Crippen molar-refractivity contribution in [2.75, 3.05) is 6.54 Å². The molecule has 0 amide bonds. The lowest BCUT2D eigenvalue weighted by atomic mass is 10.2. The maximum absolute atomic E-state index is 5.14. The fourth-order valence-electron chi connectivity index (χ4n) is 1.08. The highest BCUT2D eigenvalue weighted by atomic mass is 15.2. The SMILES string of the molecule is NNCCCCc1ccccn1. The monoisotopic (exact) mass is 165 g/mol. The van der Waals surface area contributed by atoms with Gasteiger partial charge in [-0.15, -0.1) is 0 Å². The van der Waals surface area contributed by atoms with E-state index in [1.807, 2.05) is 18.3 Å². The second-order valence-corrected chi connectivity index (χ2v) is 2.73. The van der Waals surface area contributed by atoms with Crippen LogP contribution in [0.2, 0.25) is 0 Å². The number of unbranched alkanes of at least 4 members (excludes halogenated alkanes) is 1. The molecule has 3 heteroatoms. The smallest absolute Gasteiger partial charge is 0.0403 e. The van der Waals surface area contributed by atoms with Gasteiger partial charge in [0.25, 0.3) is 0 Å². The van der Waals surface area contributed by atoms with Crippen molar-refractivity contribution >= 4 is 0 Å². The molecule has 0 unspecified atom stereocenters. The molecular formula is C9H15N3. The zero-order chi connectivity index (χ0) is 8.65. The van der Waals surface area contributed by atoms with Gasteiger partial charge in [-0.05, 0) is 31.4 Å². The summed E-state index contributed by atoms with van der Waals surface area (Å²) in [7, 11) is 0. The van der Waals surface area contributed by atoms with Crippen molar-refractivity contribution in [3.05, 3.63) is 30.1 Å². The fourth-order valence-corrected chi connectivity index (χ4v) is 1.08. The highest BCUT2D eigenvalue weighted by Gasteiger charge is 1.91. The molecule has 1 rings (SSSR count). The van der Waals surface area contributed by atoms with Gasteiger partial charge in [0.1, 0.15) is 0 Å². The molecule has 0 radical (unpaired) electrons. The maximum atomic E-state index is 5.14. The Hall–Kier alpha value is -0.930. The third-order valence-corrected chi connectivity index (χ3v) is 1.73. The van der Waals surface area contributed by atoms with Crippen molar-refractivity contribution in [2.24, 2.45) is 5.84 Å². The van der Waals surface area contributed by atoms with Crippen LogP contribution in [0.4, 0.5) is 0 Å². The van der Waals surface area contributed by atoms with Crippen molar-refractivity contribution in [3.8, 4) is 0 Å². The van der Waals surface area contributed by atoms with Crippen LogP contribution in [0.3, 0.4) is 0 Å². The molecule has 3 nitrogen and oxygen atoms in total. The van der Waals surface area contributed by atoms with Crippen molar-refractivity contribution in [1.82, 2.24) is 10.4 Å². The second kappa shape index (κ2) is 5.69. The molecule has 0 aromatic carbocycles. The summed E-state index contributed by atoms with van der Waals surface area (Å²) in [6.45, 7) is 0.882. The Morgan fingerprint density at radius 1 is 1.33 bits per heavy atom. The predicted molar refractivity (Wildman–Crippen MR) is 49.4 cm³/mol. The van der Waals surface area contributed by atoms with Gasteiger partial charge in [0.05, 0.1) is 0 Å². The average Bonchev–Trinajstić information content (AvgIpc) is 2.14. The van der Waals surface area contributed by atoms with Crippen molar-refractivity contribution in [1.29, 1.82) is 0 Å². The fraction of sp³-hybridized carbons (Fsp3) is 0.444. The minimum Gasteiger partial charge on any atom is -0.271 e. The first-order valence-electron chi connectivity index (χ1n) is 4.27. The summed E-state index contributed by atoms with van der Waals surface area (Å²) in [4.78, 5) is 4.22. The summed E-state index contributed by atoms with van der Waals surface area (Å²) in [5, 5.41) is 0. The first kappa shape index (κ1) is 9.16. The van der Waals surface area contributed by atoms with E-state index in [4.69, 9.17) is 5.84 Å². The van der Waals surface area contributed by atoms with E-state index in [-0.39, 0.29) is 0 Å². The topological polar surface area (TPSA) is 50.9 Å². The lowest BCUT2D eigenvalue weighted by molar-refractivity contribution is 0.641. The van der Waals surface area contributed by atoms with Gasteiger partial charge in [-0.1, -0.05) is 6.07 Å². The number of nitrogens with zero attached hydrogens (tertiary/aromatic N) is 1. The van der Waals surface area contributed by atoms with Gasteiger partial charge in [-0.2, -0.15) is 0 Å². The second-order valence-electron chi connectivity index (χ2n) is 2.73. The van der Waals surface area contributed by atoms with Gasteiger partial charge in [0.15, 0.2) is 0 Å². The molecule has 0 bridgehead atoms. The highest BCUT2D eigenvalue weighted by molar-refractivity contribution is 5.03. The van der Waals surface area contributed by atoms with Crippen LogP contribution in [-0.4, -0.2) is 11.5 Å². The number of aromatic nitrogens is 1. The standard InChI is InChI=1S/C9H15N3/c10-12-8-4-2-6-9-5-1-3-7-11-9/h1,3,5,7,12H,2,4,6,8,10H2. The number of nitrogens with one attached hydrogen (secondary N) is 1. The quantitative estimate of drug-likeness (QED) is 0.386. The van der Waals surface area contributed by atoms with E-state index in [1.54, 1.807) is 0 Å². The largest absolute Gasteiger partial charge is 0.271 e. The zero-order valence-electron chi connectivity index (χ0n) is 7.16. The van der Waals surface area contributed by atoms with Gasteiger partial charge in [0.2, 0.25) is 0 Å². The molecule has 0 saturated heterocycles. The van der Waals surface area contributed by atoms with E-state index < -0.39 is 0 Å². The molecule has 1 aromatic heterocycles. The lowest BCUT2D eigenvalue weighted by Crippen LogP contribution is -2.22. The van der Waals surface area contributed by atoms with Crippen LogP contribution in [0, 0.1) is 0 Å². The Morgan fingerprint density at radius 2 is 2.25 bits per heavy atom. The Morgan fingerprint density at radius 3 is 2.92 bits per heavy atom. The predicted octanol–water partition coefficient (Wildman–Crippen LogP) is 0.868. The molecule has 66 valence electrons. The average molecular weight is 165 g/mol. The van der Waals surface area contributed by atoms with E-state index >= 15 is 0 Å². The van der Waals surface area contributed by atoms with Crippen LogP contribution in [0.15, 0.2) is 24.4 Å². The number of aryl methyl sites for hydroxylation is 1. The number of rotatable bonds is 5. The zero-order valence-corrected chi connectivity index (χ0v) is 7.16. The minimum absolute atomic E-state index is 0.882. The van der Waals surface area contributed by atoms with Gasteiger partial charge < -0.3 is 0 Å². The maximum Gasteiger partial charge on any atom is 0.0403 e. The Bertz CT molecular complexity index is 198. The molecule has 0 fully saturated rings. The van der Waals surface area contributed by atoms with E-state index in [0.717, 1.165) is 31.5 Å². The van der Waals surface area contributed by atoms with E-state index in [1.165, 1.54) is 0 Å². The van der Waals surface area contributed by atoms with Gasteiger partial charge in [0, 0.05) is 18.4 Å². The van der Waals surface area contributed by atoms with Crippen LogP contribution in [0.1, 0.15) is 18.5 Å². The normalized spacial score (nSPS) is 10.1. The summed E-state index contributed by atoms with van der Waals surface area (Å²) < 4.78 is 0. The summed E-state index contributed by atoms with van der Waals surface area (Å²) in [6, 6.07) is 6.00. The summed E-state index contributed by atoms with van der Waals surface area (Å²) in [5.74, 6) is 5.14. The lowest BCUT2D eigenvalue weighted by Gasteiger charge is -1.99. The molecule has 0 atom stereocenters. The summed E-state index contributed by atoms with van der Waals surface area (Å²) in [5.41, 5.74) is 3.80. The van der Waals surface area contributed by atoms with Crippen LogP contribution in [0.5, 0.6) is 0 Å². The number of nitrogens with two attached hydrogens (primary N) is 1. The molecule has 0 aliphatic heterocycles. The van der Waals surface area contributed by atoms with Crippen LogP contribution < -0.4 is 11.3 Å². The van der Waals surface area contributed by atoms with Crippen molar-refractivity contribution < 1.29 is 0 Å². The third-order valence-electron chi connectivity index (χ3n) is 1.73. The van der Waals surface area contributed by atoms with Crippen molar-refractivity contribution in [2.45, 2.75) is 19.3 Å². The molecule has 12 heavy (non-hydrogen) atoms. The van der Waals surface area contributed by atoms with Gasteiger partial charge >= 0.3 is 0 Å². The molecular weight excluding hydrogens is 150 g/mol. The number of hydrogen-bond donors (Lipinski definition) is 2. The van der Waals surface area contributed by atoms with E-state index in [9.17, 15) is 0 Å². The van der Waals surface area contributed by atoms with Crippen LogP contribution >= 0.6 is 0 Å². The molecule has 0 spiro atoms. The highest BCUT2D eigenvalue weighted by Crippen LogP contribution is 1.99. The first-order chi connectivity index (χ1) is 5.93. The van der Waals surface area contributed by atoms with E-state index in [2.05, 4.69) is 16.5 Å². The van der Waals surface area contributed by atoms with Crippen LogP contribution in [-0.2, 0) is 6.42 Å². The molecule has 0 aliphatic rings. The first-order valence-corrected chi connectivity index (χ1v) is 4.27. The van der Waals surface area contributed by atoms with Gasteiger partial charge in [-0.25, -0.2) is 0 Å². The molecule has 3 N–H and O–H groups in total. The Labute approximate surface area is 73.0 Å². The van der Waals surface area contributed by atoms with Crippen molar-refractivity contribution in [3.63, 3.8) is 0 Å². The molecule has 1 aromatic rings. The summed E-state index contributed by atoms with van der Waals surface area (Å²) in [6.07, 6.45) is 5.12. The molecule has 0 aliphatic carbocycles. The number of pyridine rings is 1. The third kappa shape index (κ3) is 3.46. The minimum atomic E-state index is 0.882.